The predicted octanol–water partition coefficient (Wildman–Crippen LogP) is 2.92. The third-order valence-corrected chi connectivity index (χ3v) is 3.72. The molecule has 4 heteroatoms. The molecule has 104 valence electrons. The summed E-state index contributed by atoms with van der Waals surface area (Å²) in [6.07, 6.45) is 6.23. The molecule has 1 fully saturated rings. The van der Waals surface area contributed by atoms with Gasteiger partial charge in [0.1, 0.15) is 5.82 Å². The Bertz CT molecular complexity index is 433. The summed E-state index contributed by atoms with van der Waals surface area (Å²) in [7, 11) is 0. The number of nitrogens with one attached hydrogen (secondary N) is 1. The van der Waals surface area contributed by atoms with Gasteiger partial charge in [0.2, 0.25) is 0 Å². The van der Waals surface area contributed by atoms with Gasteiger partial charge in [0.15, 0.2) is 0 Å². The number of likely N-dealkylation sites (tertiary alicyclic amines) is 1. The molecule has 1 unspecified atom stereocenters. The summed E-state index contributed by atoms with van der Waals surface area (Å²) in [5.74, 6) is 0.923. The highest BCUT2D eigenvalue weighted by molar-refractivity contribution is 5.95. The van der Waals surface area contributed by atoms with Crippen molar-refractivity contribution in [1.29, 1.82) is 0 Å². The maximum atomic E-state index is 12.6. The molecule has 4 nitrogen and oxygen atoms in total. The van der Waals surface area contributed by atoms with Gasteiger partial charge >= 0.3 is 0 Å². The number of hydrogen-bond acceptors (Lipinski definition) is 3. The number of hydrogen-bond donors (Lipinski definition) is 1. The minimum atomic E-state index is 0.146. The summed E-state index contributed by atoms with van der Waals surface area (Å²) in [5, 5.41) is 3.15. The van der Waals surface area contributed by atoms with Crippen molar-refractivity contribution in [3.63, 3.8) is 0 Å². The standard InChI is InChI=1S/C15H23N3O/c1-3-13-7-5-6-10-18(13)15(19)12-8-9-17-14(11-12)16-4-2/h8-9,11,13H,3-7,10H2,1-2H3,(H,16,17). The molecule has 0 spiro atoms. The van der Waals surface area contributed by atoms with E-state index in [9.17, 15) is 4.79 Å². The molecule has 1 amide bonds. The van der Waals surface area contributed by atoms with Crippen LogP contribution in [0, 0.1) is 0 Å². The number of anilines is 1. The fraction of sp³-hybridized carbons (Fsp3) is 0.600. The second kappa shape index (κ2) is 6.55. The van der Waals surface area contributed by atoms with Gasteiger partial charge < -0.3 is 10.2 Å². The zero-order valence-corrected chi connectivity index (χ0v) is 11.9. The highest BCUT2D eigenvalue weighted by Crippen LogP contribution is 2.22. The second-order valence-electron chi connectivity index (χ2n) is 5.02. The largest absolute Gasteiger partial charge is 0.370 e. The molecule has 0 aromatic carbocycles. The predicted molar refractivity (Wildman–Crippen MR) is 77.4 cm³/mol. The van der Waals surface area contributed by atoms with E-state index in [1.54, 1.807) is 6.20 Å². The Balaban J connectivity index is 2.15. The first-order valence-corrected chi connectivity index (χ1v) is 7.27. The van der Waals surface area contributed by atoms with Crippen molar-refractivity contribution < 1.29 is 4.79 Å². The van der Waals surface area contributed by atoms with Gasteiger partial charge in [0.05, 0.1) is 0 Å². The fourth-order valence-corrected chi connectivity index (χ4v) is 2.70. The van der Waals surface area contributed by atoms with E-state index >= 15 is 0 Å². The second-order valence-corrected chi connectivity index (χ2v) is 5.02. The summed E-state index contributed by atoms with van der Waals surface area (Å²) >= 11 is 0. The Morgan fingerprint density at radius 1 is 1.47 bits per heavy atom. The molecule has 1 atom stereocenters. The molecule has 1 aliphatic rings. The van der Waals surface area contributed by atoms with E-state index in [1.807, 2.05) is 24.0 Å². The number of nitrogens with zero attached hydrogens (tertiary/aromatic N) is 2. The van der Waals surface area contributed by atoms with Crippen LogP contribution in [0.3, 0.4) is 0 Å². The van der Waals surface area contributed by atoms with Gasteiger partial charge in [0.25, 0.3) is 5.91 Å². The zero-order valence-electron chi connectivity index (χ0n) is 11.9. The van der Waals surface area contributed by atoms with E-state index in [0.29, 0.717) is 6.04 Å². The molecular weight excluding hydrogens is 238 g/mol. The van der Waals surface area contributed by atoms with Gasteiger partial charge in [-0.05, 0) is 44.7 Å². The number of amides is 1. The minimum absolute atomic E-state index is 0.146. The first kappa shape index (κ1) is 13.8. The van der Waals surface area contributed by atoms with Crippen LogP contribution < -0.4 is 5.32 Å². The van der Waals surface area contributed by atoms with Crippen LogP contribution in [0.25, 0.3) is 0 Å². The number of piperidine rings is 1. The number of carbonyl (C=O) groups is 1. The molecular formula is C15H23N3O. The Morgan fingerprint density at radius 3 is 3.05 bits per heavy atom. The molecule has 1 aliphatic heterocycles. The third kappa shape index (κ3) is 3.25. The summed E-state index contributed by atoms with van der Waals surface area (Å²) in [6.45, 7) is 5.88. The summed E-state index contributed by atoms with van der Waals surface area (Å²) in [4.78, 5) is 18.8. The van der Waals surface area contributed by atoms with Crippen molar-refractivity contribution in [2.75, 3.05) is 18.4 Å². The van der Waals surface area contributed by atoms with E-state index in [1.165, 1.54) is 6.42 Å². The van der Waals surface area contributed by atoms with Gasteiger partial charge in [0, 0.05) is 30.9 Å². The smallest absolute Gasteiger partial charge is 0.254 e. The first-order chi connectivity index (χ1) is 9.26. The SMILES string of the molecule is CCNc1cc(C(=O)N2CCCCC2CC)ccn1. The number of rotatable bonds is 4. The number of aromatic nitrogens is 1. The quantitative estimate of drug-likeness (QED) is 0.906. The Morgan fingerprint density at radius 2 is 2.32 bits per heavy atom. The minimum Gasteiger partial charge on any atom is -0.370 e. The van der Waals surface area contributed by atoms with Crippen LogP contribution in [0.15, 0.2) is 18.3 Å². The molecule has 19 heavy (non-hydrogen) atoms. The summed E-state index contributed by atoms with van der Waals surface area (Å²) in [5.41, 5.74) is 0.742. The maximum Gasteiger partial charge on any atom is 0.254 e. The van der Waals surface area contributed by atoms with E-state index in [2.05, 4.69) is 17.2 Å². The van der Waals surface area contributed by atoms with Gasteiger partial charge in [-0.3, -0.25) is 4.79 Å². The third-order valence-electron chi connectivity index (χ3n) is 3.72. The lowest BCUT2D eigenvalue weighted by Gasteiger charge is -2.35. The highest BCUT2D eigenvalue weighted by Gasteiger charge is 2.26. The molecule has 1 N–H and O–H groups in total. The van der Waals surface area contributed by atoms with Gasteiger partial charge in [-0.2, -0.15) is 0 Å². The lowest BCUT2D eigenvalue weighted by Crippen LogP contribution is -2.43. The average Bonchev–Trinajstić information content (AvgIpc) is 2.47. The Hall–Kier alpha value is -1.58. The lowest BCUT2D eigenvalue weighted by molar-refractivity contribution is 0.0608. The van der Waals surface area contributed by atoms with Crippen LogP contribution >= 0.6 is 0 Å². The average molecular weight is 261 g/mol. The van der Waals surface area contributed by atoms with Crippen molar-refractivity contribution in [2.24, 2.45) is 0 Å². The fourth-order valence-electron chi connectivity index (χ4n) is 2.70. The highest BCUT2D eigenvalue weighted by atomic mass is 16.2. The monoisotopic (exact) mass is 261 g/mol. The molecule has 0 aliphatic carbocycles. The maximum absolute atomic E-state index is 12.6. The van der Waals surface area contributed by atoms with Crippen LogP contribution in [-0.4, -0.2) is 34.9 Å². The van der Waals surface area contributed by atoms with E-state index in [-0.39, 0.29) is 5.91 Å². The van der Waals surface area contributed by atoms with Crippen LogP contribution in [0.5, 0.6) is 0 Å². The topological polar surface area (TPSA) is 45.2 Å². The van der Waals surface area contributed by atoms with Gasteiger partial charge in [-0.1, -0.05) is 6.92 Å². The van der Waals surface area contributed by atoms with Crippen LogP contribution in [-0.2, 0) is 0 Å². The van der Waals surface area contributed by atoms with E-state index in [4.69, 9.17) is 0 Å². The van der Waals surface area contributed by atoms with Crippen LogP contribution in [0.1, 0.15) is 49.9 Å². The zero-order chi connectivity index (χ0) is 13.7. The van der Waals surface area contributed by atoms with E-state index < -0.39 is 0 Å². The van der Waals surface area contributed by atoms with Crippen LogP contribution in [0.2, 0.25) is 0 Å². The van der Waals surface area contributed by atoms with Crippen molar-refractivity contribution in [3.8, 4) is 0 Å². The molecule has 0 radical (unpaired) electrons. The van der Waals surface area contributed by atoms with Crippen molar-refractivity contribution >= 4 is 11.7 Å². The number of carbonyl (C=O) groups excluding carboxylic acids is 1. The van der Waals surface area contributed by atoms with E-state index in [0.717, 1.165) is 43.7 Å². The summed E-state index contributed by atoms with van der Waals surface area (Å²) < 4.78 is 0. The van der Waals surface area contributed by atoms with Crippen molar-refractivity contribution in [1.82, 2.24) is 9.88 Å². The van der Waals surface area contributed by atoms with Crippen molar-refractivity contribution in [3.05, 3.63) is 23.9 Å². The van der Waals surface area contributed by atoms with Gasteiger partial charge in [-0.25, -0.2) is 4.98 Å². The van der Waals surface area contributed by atoms with Gasteiger partial charge in [-0.15, -0.1) is 0 Å². The molecule has 2 rings (SSSR count). The normalized spacial score (nSPS) is 19.3. The summed E-state index contributed by atoms with van der Waals surface area (Å²) in [6, 6.07) is 4.06. The van der Waals surface area contributed by atoms with Crippen LogP contribution in [0.4, 0.5) is 5.82 Å². The Labute approximate surface area is 115 Å². The lowest BCUT2D eigenvalue weighted by atomic mass is 9.99. The molecule has 0 saturated carbocycles. The molecule has 1 saturated heterocycles. The number of pyridine rings is 1. The molecule has 1 aromatic heterocycles. The first-order valence-electron chi connectivity index (χ1n) is 7.27. The Kier molecular flexibility index (Phi) is 4.77. The molecule has 1 aromatic rings. The molecule has 0 bridgehead atoms. The van der Waals surface area contributed by atoms with Crippen molar-refractivity contribution in [2.45, 2.75) is 45.6 Å². The molecule has 2 heterocycles.